The molecule has 11 heteroatoms. The van der Waals surface area contributed by atoms with Gasteiger partial charge >= 0.3 is 5.69 Å². The Bertz CT molecular complexity index is 1310. The minimum Gasteiger partial charge on any atom is -0.375 e. The molecule has 9 nitrogen and oxygen atoms in total. The molecule has 0 aliphatic rings. The van der Waals surface area contributed by atoms with E-state index in [9.17, 15) is 23.3 Å². The van der Waals surface area contributed by atoms with E-state index in [-0.39, 0.29) is 35.0 Å². The van der Waals surface area contributed by atoms with E-state index in [0.29, 0.717) is 6.42 Å². The summed E-state index contributed by atoms with van der Waals surface area (Å²) < 4.78 is 35.7. The highest BCUT2D eigenvalue weighted by atomic mass is 35.5. The number of alkyl halides is 1. The van der Waals surface area contributed by atoms with Gasteiger partial charge in [0.25, 0.3) is 5.56 Å². The van der Waals surface area contributed by atoms with Crippen molar-refractivity contribution in [1.82, 2.24) is 9.46 Å². The van der Waals surface area contributed by atoms with Gasteiger partial charge in [-0.3, -0.25) is 14.9 Å². The van der Waals surface area contributed by atoms with E-state index in [1.165, 1.54) is 83.3 Å². The lowest BCUT2D eigenvalue weighted by Gasteiger charge is -2.15. The molecule has 0 saturated carbocycles. The van der Waals surface area contributed by atoms with Gasteiger partial charge in [0.1, 0.15) is 5.76 Å². The van der Waals surface area contributed by atoms with E-state index >= 15 is 0 Å². The SMILES string of the molecule is CCCCCCCCCCCCCCCCNS(=O)(=O)c1c(C)ccc(-n2oc(C(C)(C)C)c(CCl)c2=O)c1[N+](=O)[O-]. The number of benzene rings is 1. The number of hydrogen-bond acceptors (Lipinski definition) is 6. The molecule has 2 rings (SSSR count). The molecule has 0 bridgehead atoms. The molecule has 42 heavy (non-hydrogen) atoms. The lowest BCUT2D eigenvalue weighted by molar-refractivity contribution is -0.387. The third-order valence-corrected chi connectivity index (χ3v) is 9.42. The van der Waals surface area contributed by atoms with E-state index in [4.69, 9.17) is 16.1 Å². The van der Waals surface area contributed by atoms with Gasteiger partial charge in [0, 0.05) is 12.0 Å². The third kappa shape index (κ3) is 10.2. The van der Waals surface area contributed by atoms with Gasteiger partial charge in [-0.2, -0.15) is 0 Å². The molecule has 0 atom stereocenters. The summed E-state index contributed by atoms with van der Waals surface area (Å²) in [4.78, 5) is 24.1. The number of halogens is 1. The molecule has 1 N–H and O–H groups in total. The fourth-order valence-corrected chi connectivity index (χ4v) is 6.93. The zero-order chi connectivity index (χ0) is 31.3. The highest BCUT2D eigenvalue weighted by Gasteiger charge is 2.35. The van der Waals surface area contributed by atoms with E-state index < -0.39 is 36.5 Å². The minimum atomic E-state index is -4.24. The summed E-state index contributed by atoms with van der Waals surface area (Å²) in [5, 5.41) is 12.2. The molecule has 1 aromatic heterocycles. The first kappa shape index (κ1) is 36.0. The van der Waals surface area contributed by atoms with Crippen LogP contribution in [-0.4, -0.2) is 24.6 Å². The van der Waals surface area contributed by atoms with Crippen LogP contribution in [0, 0.1) is 17.0 Å². The number of nitrogens with zero attached hydrogens (tertiary/aromatic N) is 2. The maximum atomic E-state index is 13.3. The monoisotopic (exact) mass is 627 g/mol. The van der Waals surface area contributed by atoms with E-state index in [1.807, 2.05) is 20.8 Å². The first-order chi connectivity index (χ1) is 19.9. The number of aryl methyl sites for hydroxylation is 1. The number of sulfonamides is 1. The van der Waals surface area contributed by atoms with E-state index in [0.717, 1.165) is 24.0 Å². The lowest BCUT2D eigenvalue weighted by atomic mass is 9.91. The Morgan fingerprint density at radius 3 is 1.86 bits per heavy atom. The molecule has 238 valence electrons. The molecule has 0 unspecified atom stereocenters. The summed E-state index contributed by atoms with van der Waals surface area (Å²) in [6, 6.07) is 2.77. The van der Waals surface area contributed by atoms with Gasteiger partial charge in [0.15, 0.2) is 10.6 Å². The Labute approximate surface area is 256 Å². The molecule has 1 aromatic carbocycles. The maximum Gasteiger partial charge on any atom is 0.316 e. The predicted octanol–water partition coefficient (Wildman–Crippen LogP) is 8.44. The normalized spacial score (nSPS) is 12.2. The van der Waals surface area contributed by atoms with Crippen LogP contribution in [0.25, 0.3) is 5.69 Å². The molecular formula is C31H50ClN3O6S. The average molecular weight is 628 g/mol. The van der Waals surface area contributed by atoms with Crippen molar-refractivity contribution in [3.63, 3.8) is 0 Å². The number of nitro groups is 1. The van der Waals surface area contributed by atoms with Crippen molar-refractivity contribution in [1.29, 1.82) is 0 Å². The molecule has 0 aliphatic heterocycles. The fraction of sp³-hybridized carbons (Fsp3) is 0.710. The molecule has 0 fully saturated rings. The molecule has 0 amide bonds. The van der Waals surface area contributed by atoms with Crippen LogP contribution >= 0.6 is 11.6 Å². The number of rotatable bonds is 20. The van der Waals surface area contributed by atoms with Crippen LogP contribution in [0.4, 0.5) is 5.69 Å². The van der Waals surface area contributed by atoms with Crippen molar-refractivity contribution in [2.24, 2.45) is 0 Å². The number of unbranched alkanes of at least 4 members (excludes halogenated alkanes) is 13. The highest BCUT2D eigenvalue weighted by molar-refractivity contribution is 7.89. The number of aromatic nitrogens is 1. The van der Waals surface area contributed by atoms with Gasteiger partial charge in [-0.05, 0) is 25.0 Å². The van der Waals surface area contributed by atoms with Gasteiger partial charge in [-0.25, -0.2) is 13.1 Å². The molecule has 0 aliphatic carbocycles. The second kappa shape index (κ2) is 17.2. The predicted molar refractivity (Wildman–Crippen MR) is 169 cm³/mol. The van der Waals surface area contributed by atoms with Gasteiger partial charge in [-0.1, -0.05) is 117 Å². The Kier molecular flexibility index (Phi) is 14.8. The summed E-state index contributed by atoms with van der Waals surface area (Å²) in [7, 11) is -4.24. The average Bonchev–Trinajstić information content (AvgIpc) is 3.26. The smallest absolute Gasteiger partial charge is 0.316 e. The van der Waals surface area contributed by atoms with Gasteiger partial charge in [0.2, 0.25) is 10.0 Å². The van der Waals surface area contributed by atoms with Crippen LogP contribution in [0.1, 0.15) is 134 Å². The van der Waals surface area contributed by atoms with Crippen molar-refractivity contribution < 1.29 is 17.9 Å². The van der Waals surface area contributed by atoms with Crippen LogP contribution < -0.4 is 10.3 Å². The molecule has 0 saturated heterocycles. The zero-order valence-electron chi connectivity index (χ0n) is 26.1. The maximum absolute atomic E-state index is 13.3. The Morgan fingerprint density at radius 2 is 1.43 bits per heavy atom. The van der Waals surface area contributed by atoms with Crippen LogP contribution in [0.5, 0.6) is 0 Å². The lowest BCUT2D eigenvalue weighted by Crippen LogP contribution is -2.27. The van der Waals surface area contributed by atoms with Crippen molar-refractivity contribution >= 4 is 27.3 Å². The van der Waals surface area contributed by atoms with Crippen LogP contribution in [-0.2, 0) is 21.3 Å². The van der Waals surface area contributed by atoms with E-state index in [1.54, 1.807) is 0 Å². The Hall–Kier alpha value is -2.17. The van der Waals surface area contributed by atoms with Crippen LogP contribution in [0.15, 0.2) is 26.3 Å². The van der Waals surface area contributed by atoms with Crippen molar-refractivity contribution in [2.45, 2.75) is 141 Å². The third-order valence-electron chi connectivity index (χ3n) is 7.51. The largest absolute Gasteiger partial charge is 0.375 e. The zero-order valence-corrected chi connectivity index (χ0v) is 27.7. The summed E-state index contributed by atoms with van der Waals surface area (Å²) in [5.41, 5.74) is -1.83. The highest BCUT2D eigenvalue weighted by Crippen LogP contribution is 2.35. The first-order valence-electron chi connectivity index (χ1n) is 15.5. The van der Waals surface area contributed by atoms with Crippen molar-refractivity contribution in [3.05, 3.63) is 49.5 Å². The summed E-state index contributed by atoms with van der Waals surface area (Å²) >= 11 is 6.02. The van der Waals surface area contributed by atoms with Crippen molar-refractivity contribution in [3.8, 4) is 5.69 Å². The number of nitro benzene ring substituents is 1. The van der Waals surface area contributed by atoms with E-state index in [2.05, 4.69) is 11.6 Å². The second-order valence-electron chi connectivity index (χ2n) is 12.2. The standard InChI is InChI=1S/C31H50ClN3O6S/c1-6-7-8-9-10-11-12-13-14-15-16-17-18-19-22-33-42(39,40)28-24(2)20-21-26(27(28)35(37)38)34-30(36)25(23-32)29(41-34)31(3,4)5/h20-21,33H,6-19,22-23H2,1-5H3. The summed E-state index contributed by atoms with van der Waals surface area (Å²) in [5.74, 6) is 0.144. The molecule has 1 heterocycles. The number of nitrogens with one attached hydrogen (secondary N) is 1. The minimum absolute atomic E-state index is 0.145. The van der Waals surface area contributed by atoms with Gasteiger partial charge < -0.3 is 4.52 Å². The van der Waals surface area contributed by atoms with Crippen LogP contribution in [0.3, 0.4) is 0 Å². The van der Waals surface area contributed by atoms with Gasteiger partial charge in [-0.15, -0.1) is 16.3 Å². The van der Waals surface area contributed by atoms with Crippen molar-refractivity contribution in [2.75, 3.05) is 6.54 Å². The fourth-order valence-electron chi connectivity index (χ4n) is 5.21. The first-order valence-corrected chi connectivity index (χ1v) is 17.5. The van der Waals surface area contributed by atoms with Gasteiger partial charge in [0.05, 0.1) is 16.4 Å². The molecule has 0 radical (unpaired) electrons. The summed E-state index contributed by atoms with van der Waals surface area (Å²) in [6.07, 6.45) is 16.7. The Balaban J connectivity index is 1.98. The molecule has 0 spiro atoms. The topological polar surface area (TPSA) is 124 Å². The summed E-state index contributed by atoms with van der Waals surface area (Å²) in [6.45, 7) is 9.38. The second-order valence-corrected chi connectivity index (χ2v) is 14.2. The van der Waals surface area contributed by atoms with Crippen LogP contribution in [0.2, 0.25) is 0 Å². The molecular weight excluding hydrogens is 578 g/mol. The number of hydrogen-bond donors (Lipinski definition) is 1. The molecule has 2 aromatic rings. The quantitative estimate of drug-likeness (QED) is 0.0679. The Morgan fingerprint density at radius 1 is 0.929 bits per heavy atom.